The lowest BCUT2D eigenvalue weighted by molar-refractivity contribution is 0.102. The summed E-state index contributed by atoms with van der Waals surface area (Å²) in [6.45, 7) is 0. The highest BCUT2D eigenvalue weighted by Gasteiger charge is 2.40. The van der Waals surface area contributed by atoms with Crippen LogP contribution in [0.1, 0.15) is 34.4 Å². The molecular weight excluding hydrogens is 451 g/mol. The molecule has 1 aliphatic carbocycles. The Kier molecular flexibility index (Phi) is 5.07. The zero-order valence-electron chi connectivity index (χ0n) is 16.5. The zero-order chi connectivity index (χ0) is 22.4. The fraction of sp³-hybridized carbons (Fsp3) is 0.130. The summed E-state index contributed by atoms with van der Waals surface area (Å²) in [5, 5.41) is 12.3. The second-order valence-electron chi connectivity index (χ2n) is 7.56. The molecule has 1 aliphatic rings. The highest BCUT2D eigenvalue weighted by atomic mass is 35.5. The van der Waals surface area contributed by atoms with Gasteiger partial charge in [0.1, 0.15) is 5.69 Å². The monoisotopic (exact) mass is 466 g/mol. The van der Waals surface area contributed by atoms with Crippen LogP contribution in [-0.4, -0.2) is 25.5 Å². The summed E-state index contributed by atoms with van der Waals surface area (Å²) in [6, 6.07) is 16.3. The number of aromatic nitrogens is 3. The molecule has 0 bridgehead atoms. The van der Waals surface area contributed by atoms with Gasteiger partial charge in [-0.1, -0.05) is 59.6 Å². The predicted octanol–water partition coefficient (Wildman–Crippen LogP) is 4.78. The fourth-order valence-corrected chi connectivity index (χ4v) is 4.28. The van der Waals surface area contributed by atoms with Crippen molar-refractivity contribution in [1.29, 1.82) is 0 Å². The van der Waals surface area contributed by atoms with Gasteiger partial charge >= 0.3 is 0 Å². The average molecular weight is 467 g/mol. The van der Waals surface area contributed by atoms with Crippen LogP contribution in [0, 0.1) is 0 Å². The maximum absolute atomic E-state index is 13.4. The Morgan fingerprint density at radius 1 is 1.12 bits per heavy atom. The van der Waals surface area contributed by atoms with E-state index in [9.17, 15) is 14.7 Å². The maximum Gasteiger partial charge on any atom is 0.274 e. The van der Waals surface area contributed by atoms with Gasteiger partial charge in [0, 0.05) is 12.0 Å². The molecule has 32 heavy (non-hydrogen) atoms. The molecule has 2 aromatic carbocycles. The average Bonchev–Trinajstić information content (AvgIpc) is 3.58. The largest absolute Gasteiger partial charge is 0.504 e. The van der Waals surface area contributed by atoms with Gasteiger partial charge in [0.25, 0.3) is 11.5 Å². The van der Waals surface area contributed by atoms with E-state index in [1.807, 2.05) is 18.2 Å². The van der Waals surface area contributed by atoms with Crippen LogP contribution in [0.3, 0.4) is 0 Å². The van der Waals surface area contributed by atoms with E-state index in [4.69, 9.17) is 23.2 Å². The van der Waals surface area contributed by atoms with Crippen molar-refractivity contribution in [3.05, 3.63) is 92.7 Å². The third-order valence-electron chi connectivity index (χ3n) is 5.54. The number of hydrogen-bond donors (Lipinski definition) is 2. The molecule has 2 aromatic heterocycles. The number of anilines is 1. The van der Waals surface area contributed by atoms with Crippen LogP contribution >= 0.6 is 23.2 Å². The van der Waals surface area contributed by atoms with Crippen molar-refractivity contribution in [2.75, 3.05) is 5.32 Å². The van der Waals surface area contributed by atoms with Crippen molar-refractivity contribution in [1.82, 2.24) is 14.5 Å². The second-order valence-corrected chi connectivity index (χ2v) is 8.32. The number of nitrogens with one attached hydrogen (secondary N) is 1. The molecule has 160 valence electrons. The number of nitrogens with zero attached hydrogens (tertiary/aromatic N) is 3. The van der Waals surface area contributed by atoms with Crippen molar-refractivity contribution in [3.8, 4) is 5.75 Å². The van der Waals surface area contributed by atoms with Crippen molar-refractivity contribution in [2.24, 2.45) is 0 Å². The zero-order valence-corrected chi connectivity index (χ0v) is 18.0. The Hall–Kier alpha value is -3.42. The number of carbonyl (C=O) groups excluding carboxylic acids is 1. The van der Waals surface area contributed by atoms with E-state index in [0.717, 1.165) is 6.42 Å². The van der Waals surface area contributed by atoms with Gasteiger partial charge < -0.3 is 10.4 Å². The van der Waals surface area contributed by atoms with Gasteiger partial charge in [-0.3, -0.25) is 14.2 Å². The highest BCUT2D eigenvalue weighted by molar-refractivity contribution is 6.36. The molecule has 7 nitrogen and oxygen atoms in total. The number of pyridine rings is 1. The molecule has 2 heterocycles. The van der Waals surface area contributed by atoms with Crippen LogP contribution in [0.2, 0.25) is 10.2 Å². The lowest BCUT2D eigenvalue weighted by Crippen LogP contribution is -2.22. The molecule has 5 rings (SSSR count). The number of benzene rings is 2. The number of hydrogen-bond acceptors (Lipinski definition) is 5. The van der Waals surface area contributed by atoms with Gasteiger partial charge in [-0.25, -0.2) is 9.97 Å². The van der Waals surface area contributed by atoms with Crippen LogP contribution in [-0.2, 0) is 0 Å². The number of fused-ring (bicyclic) bond motifs is 1. The van der Waals surface area contributed by atoms with Gasteiger partial charge in [-0.05, 0) is 30.2 Å². The summed E-state index contributed by atoms with van der Waals surface area (Å²) < 4.78 is 1.63. The fourth-order valence-electron chi connectivity index (χ4n) is 3.85. The van der Waals surface area contributed by atoms with Gasteiger partial charge in [-0.2, -0.15) is 0 Å². The molecule has 9 heteroatoms. The van der Waals surface area contributed by atoms with E-state index < -0.39 is 11.7 Å². The summed E-state index contributed by atoms with van der Waals surface area (Å²) in [6.07, 6.45) is 2.41. The molecule has 4 aromatic rings. The van der Waals surface area contributed by atoms with Crippen LogP contribution in [0.15, 0.2) is 65.7 Å². The first-order chi connectivity index (χ1) is 15.4. The Morgan fingerprint density at radius 2 is 1.91 bits per heavy atom. The first kappa shape index (κ1) is 20.5. The quantitative estimate of drug-likeness (QED) is 0.421. The minimum absolute atomic E-state index is 0.0157. The number of carbonyl (C=O) groups is 1. The minimum atomic E-state index is -0.621. The molecule has 2 atom stereocenters. The summed E-state index contributed by atoms with van der Waals surface area (Å²) in [7, 11) is 0. The molecule has 0 aliphatic heterocycles. The van der Waals surface area contributed by atoms with Crippen LogP contribution in [0.4, 0.5) is 5.69 Å². The van der Waals surface area contributed by atoms with E-state index in [0.29, 0.717) is 16.6 Å². The van der Waals surface area contributed by atoms with Gasteiger partial charge in [0.15, 0.2) is 10.9 Å². The number of halogens is 2. The lowest BCUT2D eigenvalue weighted by atomic mass is 10.1. The summed E-state index contributed by atoms with van der Waals surface area (Å²) >= 11 is 11.7. The molecule has 0 spiro atoms. The lowest BCUT2D eigenvalue weighted by Gasteiger charge is -2.11. The first-order valence-electron chi connectivity index (χ1n) is 9.85. The highest BCUT2D eigenvalue weighted by Crippen LogP contribution is 2.50. The Morgan fingerprint density at radius 3 is 2.66 bits per heavy atom. The molecule has 0 unspecified atom stereocenters. The molecule has 1 fully saturated rings. The molecular formula is C23H16Cl2N4O3. The van der Waals surface area contributed by atoms with Gasteiger partial charge in [0.2, 0.25) is 0 Å². The third-order valence-corrected chi connectivity index (χ3v) is 6.09. The van der Waals surface area contributed by atoms with Crippen LogP contribution in [0.25, 0.3) is 10.9 Å². The summed E-state index contributed by atoms with van der Waals surface area (Å²) in [5.74, 6) is -0.774. The Bertz CT molecular complexity index is 1400. The summed E-state index contributed by atoms with van der Waals surface area (Å²) in [5.41, 5.74) is 1.63. The van der Waals surface area contributed by atoms with Crippen molar-refractivity contribution in [3.63, 3.8) is 0 Å². The number of amides is 1. The molecule has 1 amide bonds. The maximum atomic E-state index is 13.4. The molecule has 1 saturated carbocycles. The number of rotatable bonds is 4. The third kappa shape index (κ3) is 3.59. The number of aromatic hydroxyl groups is 1. The molecule has 0 saturated heterocycles. The predicted molar refractivity (Wildman–Crippen MR) is 123 cm³/mol. The standard InChI is InChI=1S/C23H16Cl2N4O3/c24-14-10-17(27-21(25)20(14)30)22(31)28-16-8-4-7-15-19(16)23(32)29(11-26-15)18-9-13(18)12-5-2-1-3-6-12/h1-8,10-11,13,18,30H,9H2,(H,28,31)/t13-,18+/m0/s1. The summed E-state index contributed by atoms with van der Waals surface area (Å²) in [4.78, 5) is 34.4. The van der Waals surface area contributed by atoms with Crippen molar-refractivity contribution >= 4 is 45.7 Å². The van der Waals surface area contributed by atoms with Gasteiger partial charge in [-0.15, -0.1) is 0 Å². The minimum Gasteiger partial charge on any atom is -0.504 e. The van der Waals surface area contributed by atoms with E-state index >= 15 is 0 Å². The van der Waals surface area contributed by atoms with Crippen LogP contribution in [0.5, 0.6) is 5.75 Å². The molecule has 2 N–H and O–H groups in total. The first-order valence-corrected chi connectivity index (χ1v) is 10.6. The second kappa shape index (κ2) is 7.93. The Labute approximate surface area is 192 Å². The molecule has 0 radical (unpaired) electrons. The van der Waals surface area contributed by atoms with E-state index in [1.165, 1.54) is 11.6 Å². The Balaban J connectivity index is 1.50. The van der Waals surface area contributed by atoms with Crippen molar-refractivity contribution in [2.45, 2.75) is 18.4 Å². The smallest absolute Gasteiger partial charge is 0.274 e. The topological polar surface area (TPSA) is 97.1 Å². The van der Waals surface area contributed by atoms with E-state index in [2.05, 4.69) is 27.4 Å². The SMILES string of the molecule is O=C(Nc1cccc2ncn([C@@H]3C[C@H]3c3ccccc3)c(=O)c12)c1cc(Cl)c(O)c(Cl)n1. The van der Waals surface area contributed by atoms with Crippen molar-refractivity contribution < 1.29 is 9.90 Å². The van der Waals surface area contributed by atoms with E-state index in [-0.39, 0.29) is 33.4 Å². The van der Waals surface area contributed by atoms with Gasteiger partial charge in [0.05, 0.1) is 27.9 Å². The normalized spacial score (nSPS) is 17.3. The van der Waals surface area contributed by atoms with E-state index in [1.54, 1.807) is 29.1 Å². The van der Waals surface area contributed by atoms with Crippen LogP contribution < -0.4 is 10.9 Å².